The van der Waals surface area contributed by atoms with Gasteiger partial charge in [-0.1, -0.05) is 12.1 Å². The number of carboxylic acid groups (broad SMARTS) is 1. The van der Waals surface area contributed by atoms with E-state index in [0.717, 1.165) is 16.5 Å². The van der Waals surface area contributed by atoms with Gasteiger partial charge in [-0.15, -0.1) is 0 Å². The fourth-order valence-corrected chi connectivity index (χ4v) is 2.05. The molecule has 4 heteroatoms. The molecular weight excluding hydrogens is 240 g/mol. The molecule has 0 saturated carbocycles. The molecule has 0 atom stereocenters. The van der Waals surface area contributed by atoms with Crippen LogP contribution in [0.3, 0.4) is 0 Å². The van der Waals surface area contributed by atoms with Crippen LogP contribution in [0.5, 0.6) is 0 Å². The van der Waals surface area contributed by atoms with E-state index >= 15 is 0 Å². The maximum absolute atomic E-state index is 11.2. The molecule has 0 bridgehead atoms. The summed E-state index contributed by atoms with van der Waals surface area (Å²) >= 11 is 0. The molecule has 0 unspecified atom stereocenters. The number of aromatic carboxylic acids is 1. The van der Waals surface area contributed by atoms with Crippen LogP contribution in [-0.2, 0) is 0 Å². The van der Waals surface area contributed by atoms with Crippen LogP contribution in [0, 0.1) is 0 Å². The third-order valence-electron chi connectivity index (χ3n) is 2.97. The van der Waals surface area contributed by atoms with Gasteiger partial charge in [0.25, 0.3) is 0 Å². The van der Waals surface area contributed by atoms with Crippen molar-refractivity contribution in [1.82, 2.24) is 9.97 Å². The van der Waals surface area contributed by atoms with E-state index in [9.17, 15) is 9.90 Å². The van der Waals surface area contributed by atoms with E-state index in [1.807, 2.05) is 30.3 Å². The number of hydrogen-bond acceptors (Lipinski definition) is 3. The maximum atomic E-state index is 11.2. The topological polar surface area (TPSA) is 63.1 Å². The van der Waals surface area contributed by atoms with Gasteiger partial charge in [-0.3, -0.25) is 9.97 Å². The molecule has 3 aromatic rings. The summed E-state index contributed by atoms with van der Waals surface area (Å²) in [7, 11) is 0. The molecule has 4 nitrogen and oxygen atoms in total. The molecule has 0 amide bonds. The van der Waals surface area contributed by atoms with Gasteiger partial charge in [0.1, 0.15) is 0 Å². The minimum atomic E-state index is -0.955. The van der Waals surface area contributed by atoms with Gasteiger partial charge in [0.15, 0.2) is 0 Å². The number of benzene rings is 1. The summed E-state index contributed by atoms with van der Waals surface area (Å²) < 4.78 is 0. The first-order valence-electron chi connectivity index (χ1n) is 5.78. The number of carboxylic acids is 1. The monoisotopic (exact) mass is 250 g/mol. The van der Waals surface area contributed by atoms with Crippen molar-refractivity contribution in [2.75, 3.05) is 0 Å². The van der Waals surface area contributed by atoms with Gasteiger partial charge >= 0.3 is 5.97 Å². The molecule has 0 aliphatic carbocycles. The summed E-state index contributed by atoms with van der Waals surface area (Å²) in [6.07, 6.45) is 4.78. The molecule has 0 spiro atoms. The van der Waals surface area contributed by atoms with Gasteiger partial charge < -0.3 is 5.11 Å². The largest absolute Gasteiger partial charge is 0.478 e. The number of rotatable bonds is 2. The third-order valence-corrected chi connectivity index (χ3v) is 2.97. The fourth-order valence-electron chi connectivity index (χ4n) is 2.05. The van der Waals surface area contributed by atoms with Crippen LogP contribution in [0.2, 0.25) is 0 Å². The van der Waals surface area contributed by atoms with E-state index in [1.54, 1.807) is 12.4 Å². The Balaban J connectivity index is 2.22. The first kappa shape index (κ1) is 11.3. The number of fused-ring (bicyclic) bond motifs is 1. The average molecular weight is 250 g/mol. The Hall–Kier alpha value is -2.75. The lowest BCUT2D eigenvalue weighted by atomic mass is 10.0. The summed E-state index contributed by atoms with van der Waals surface area (Å²) in [6, 6.07) is 11.0. The summed E-state index contributed by atoms with van der Waals surface area (Å²) in [5.41, 5.74) is 2.57. The maximum Gasteiger partial charge on any atom is 0.336 e. The lowest BCUT2D eigenvalue weighted by Crippen LogP contribution is -1.99. The Morgan fingerprint density at radius 1 is 1.11 bits per heavy atom. The molecular formula is C15H10N2O2. The van der Waals surface area contributed by atoms with Gasteiger partial charge in [0.2, 0.25) is 0 Å². The normalized spacial score (nSPS) is 10.5. The lowest BCUT2D eigenvalue weighted by molar-refractivity contribution is 0.0697. The van der Waals surface area contributed by atoms with E-state index in [4.69, 9.17) is 0 Å². The van der Waals surface area contributed by atoms with Crippen LogP contribution < -0.4 is 0 Å². The second kappa shape index (κ2) is 4.49. The van der Waals surface area contributed by atoms with E-state index in [1.165, 1.54) is 12.3 Å². The van der Waals surface area contributed by atoms with Crippen molar-refractivity contribution in [3.8, 4) is 11.1 Å². The van der Waals surface area contributed by atoms with Crippen LogP contribution in [0.4, 0.5) is 0 Å². The molecule has 19 heavy (non-hydrogen) atoms. The minimum Gasteiger partial charge on any atom is -0.478 e. The molecule has 0 aliphatic rings. The van der Waals surface area contributed by atoms with E-state index in [2.05, 4.69) is 9.97 Å². The lowest BCUT2D eigenvalue weighted by Gasteiger charge is -2.06. The molecule has 3 rings (SSSR count). The van der Waals surface area contributed by atoms with E-state index in [-0.39, 0.29) is 5.56 Å². The van der Waals surface area contributed by atoms with Crippen molar-refractivity contribution < 1.29 is 9.90 Å². The SMILES string of the molecule is O=C(O)c1ccncc1-c1ccc2ncccc2c1. The van der Waals surface area contributed by atoms with Crippen molar-refractivity contribution in [3.05, 3.63) is 60.6 Å². The number of carbonyl (C=O) groups is 1. The molecule has 1 aromatic carbocycles. The molecule has 0 fully saturated rings. The number of aromatic nitrogens is 2. The molecule has 2 aromatic heterocycles. The van der Waals surface area contributed by atoms with Gasteiger partial charge in [-0.25, -0.2) is 4.79 Å². The minimum absolute atomic E-state index is 0.248. The standard InChI is InChI=1S/C15H10N2O2/c18-15(19)12-5-7-16-9-13(12)10-3-4-14-11(8-10)2-1-6-17-14/h1-9H,(H,18,19). The number of hydrogen-bond donors (Lipinski definition) is 1. The molecule has 0 radical (unpaired) electrons. The highest BCUT2D eigenvalue weighted by Gasteiger charge is 2.11. The summed E-state index contributed by atoms with van der Waals surface area (Å²) in [5.74, 6) is -0.955. The van der Waals surface area contributed by atoms with Crippen LogP contribution in [0.15, 0.2) is 55.0 Å². The highest BCUT2D eigenvalue weighted by Crippen LogP contribution is 2.25. The predicted octanol–water partition coefficient (Wildman–Crippen LogP) is 3.00. The average Bonchev–Trinajstić information content (AvgIpc) is 2.46. The van der Waals surface area contributed by atoms with Crippen LogP contribution in [0.1, 0.15) is 10.4 Å². The Kier molecular flexibility index (Phi) is 2.68. The van der Waals surface area contributed by atoms with Crippen LogP contribution >= 0.6 is 0 Å². The van der Waals surface area contributed by atoms with Crippen LogP contribution in [-0.4, -0.2) is 21.0 Å². The second-order valence-electron chi connectivity index (χ2n) is 4.14. The summed E-state index contributed by atoms with van der Waals surface area (Å²) in [6.45, 7) is 0. The Morgan fingerprint density at radius 2 is 2.00 bits per heavy atom. The van der Waals surface area contributed by atoms with Gasteiger partial charge in [0.05, 0.1) is 11.1 Å². The highest BCUT2D eigenvalue weighted by molar-refractivity contribution is 5.97. The number of nitrogens with zero attached hydrogens (tertiary/aromatic N) is 2. The van der Waals surface area contributed by atoms with Gasteiger partial charge in [-0.05, 0) is 29.8 Å². The van der Waals surface area contributed by atoms with Crippen molar-refractivity contribution in [2.45, 2.75) is 0 Å². The van der Waals surface area contributed by atoms with Gasteiger partial charge in [-0.2, -0.15) is 0 Å². The van der Waals surface area contributed by atoms with Crippen molar-refractivity contribution in [2.24, 2.45) is 0 Å². The van der Waals surface area contributed by atoms with Crippen LogP contribution in [0.25, 0.3) is 22.0 Å². The molecule has 0 aliphatic heterocycles. The Labute approximate surface area is 109 Å². The van der Waals surface area contributed by atoms with Gasteiger partial charge in [0, 0.05) is 29.5 Å². The summed E-state index contributed by atoms with van der Waals surface area (Å²) in [5, 5.41) is 10.2. The fraction of sp³-hybridized carbons (Fsp3) is 0. The van der Waals surface area contributed by atoms with Crippen molar-refractivity contribution >= 4 is 16.9 Å². The molecule has 92 valence electrons. The smallest absolute Gasteiger partial charge is 0.336 e. The summed E-state index contributed by atoms with van der Waals surface area (Å²) in [4.78, 5) is 19.5. The third kappa shape index (κ3) is 2.04. The zero-order valence-corrected chi connectivity index (χ0v) is 9.95. The first-order valence-corrected chi connectivity index (χ1v) is 5.78. The van der Waals surface area contributed by atoms with Crippen molar-refractivity contribution in [3.63, 3.8) is 0 Å². The van der Waals surface area contributed by atoms with E-state index in [0.29, 0.717) is 5.56 Å². The Morgan fingerprint density at radius 3 is 2.84 bits per heavy atom. The molecule has 2 heterocycles. The molecule has 1 N–H and O–H groups in total. The Bertz CT molecular complexity index is 769. The van der Waals surface area contributed by atoms with E-state index < -0.39 is 5.97 Å². The zero-order valence-electron chi connectivity index (χ0n) is 9.95. The first-order chi connectivity index (χ1) is 9.25. The quantitative estimate of drug-likeness (QED) is 0.759. The highest BCUT2D eigenvalue weighted by atomic mass is 16.4. The number of pyridine rings is 2. The zero-order chi connectivity index (χ0) is 13.2. The van der Waals surface area contributed by atoms with Crippen molar-refractivity contribution in [1.29, 1.82) is 0 Å². The predicted molar refractivity (Wildman–Crippen MR) is 71.9 cm³/mol. The molecule has 0 saturated heterocycles. The second-order valence-corrected chi connectivity index (χ2v) is 4.14.